The summed E-state index contributed by atoms with van der Waals surface area (Å²) in [5.74, 6) is 1.45. The summed E-state index contributed by atoms with van der Waals surface area (Å²) in [6.07, 6.45) is 5.31. The van der Waals surface area contributed by atoms with Crippen LogP contribution in [0.15, 0.2) is 12.5 Å². The monoisotopic (exact) mass is 223 g/mol. The highest BCUT2D eigenvalue weighted by Crippen LogP contribution is 2.04. The van der Waals surface area contributed by atoms with Crippen LogP contribution in [0, 0.1) is 11.8 Å². The van der Waals surface area contributed by atoms with Gasteiger partial charge in [0.15, 0.2) is 0 Å². The third-order valence-corrected chi connectivity index (χ3v) is 2.51. The molecule has 0 bridgehead atoms. The fourth-order valence-electron chi connectivity index (χ4n) is 1.52. The Hall–Kier alpha value is -0.830. The smallest absolute Gasteiger partial charge is 0.0949 e. The lowest BCUT2D eigenvalue weighted by atomic mass is 10.1. The molecule has 0 aliphatic carbocycles. The van der Waals surface area contributed by atoms with Crippen LogP contribution in [0.4, 0.5) is 0 Å². The number of rotatable bonds is 7. The molecule has 0 fully saturated rings. The van der Waals surface area contributed by atoms with Gasteiger partial charge in [0.1, 0.15) is 0 Å². The molecule has 16 heavy (non-hydrogen) atoms. The molecule has 0 unspecified atom stereocenters. The number of aryl methyl sites for hydroxylation is 1. The van der Waals surface area contributed by atoms with Crippen molar-refractivity contribution in [3.63, 3.8) is 0 Å². The summed E-state index contributed by atoms with van der Waals surface area (Å²) >= 11 is 0. The minimum absolute atomic E-state index is 0.697. The lowest BCUT2D eigenvalue weighted by molar-refractivity contribution is 0.515. The Labute approximate surface area is 99.3 Å². The standard InChI is InChI=1S/C13H25N3/c1-11(2)5-6-16-9-13(15-10-16)8-14-7-12(3)4/h9-12,14H,5-8H2,1-4H3. The summed E-state index contributed by atoms with van der Waals surface area (Å²) in [6.45, 7) is 12.0. The molecule has 0 amide bonds. The van der Waals surface area contributed by atoms with E-state index in [1.54, 1.807) is 0 Å². The minimum atomic E-state index is 0.697. The van der Waals surface area contributed by atoms with Gasteiger partial charge in [-0.05, 0) is 24.8 Å². The molecule has 0 atom stereocenters. The van der Waals surface area contributed by atoms with Crippen LogP contribution < -0.4 is 5.32 Å². The van der Waals surface area contributed by atoms with E-state index in [1.165, 1.54) is 6.42 Å². The summed E-state index contributed by atoms with van der Waals surface area (Å²) in [5, 5.41) is 3.40. The fraction of sp³-hybridized carbons (Fsp3) is 0.769. The molecule has 0 radical (unpaired) electrons. The van der Waals surface area contributed by atoms with Gasteiger partial charge in [0.05, 0.1) is 12.0 Å². The fourth-order valence-corrected chi connectivity index (χ4v) is 1.52. The van der Waals surface area contributed by atoms with Crippen molar-refractivity contribution in [2.45, 2.75) is 47.2 Å². The highest BCUT2D eigenvalue weighted by atomic mass is 15.0. The normalized spacial score (nSPS) is 11.6. The number of aromatic nitrogens is 2. The second kappa shape index (κ2) is 6.69. The van der Waals surface area contributed by atoms with Crippen LogP contribution in [0.1, 0.15) is 39.8 Å². The first-order valence-electron chi connectivity index (χ1n) is 6.29. The predicted molar refractivity (Wildman–Crippen MR) is 68.2 cm³/mol. The average Bonchev–Trinajstić information content (AvgIpc) is 2.62. The molecular weight excluding hydrogens is 198 g/mol. The van der Waals surface area contributed by atoms with Gasteiger partial charge in [-0.3, -0.25) is 0 Å². The molecule has 1 rings (SSSR count). The lowest BCUT2D eigenvalue weighted by Gasteiger charge is -2.05. The average molecular weight is 223 g/mol. The first kappa shape index (κ1) is 13.2. The Morgan fingerprint density at radius 1 is 1.25 bits per heavy atom. The molecule has 0 aromatic carbocycles. The van der Waals surface area contributed by atoms with Crippen molar-refractivity contribution in [2.75, 3.05) is 6.54 Å². The molecule has 3 nitrogen and oxygen atoms in total. The van der Waals surface area contributed by atoms with Crippen LogP contribution in [-0.4, -0.2) is 16.1 Å². The van der Waals surface area contributed by atoms with Crippen molar-refractivity contribution in [1.82, 2.24) is 14.9 Å². The molecular formula is C13H25N3. The highest BCUT2D eigenvalue weighted by Gasteiger charge is 2.00. The molecule has 0 aliphatic rings. The Morgan fingerprint density at radius 3 is 2.62 bits per heavy atom. The first-order chi connectivity index (χ1) is 7.58. The van der Waals surface area contributed by atoms with E-state index in [-0.39, 0.29) is 0 Å². The molecule has 0 spiro atoms. The van der Waals surface area contributed by atoms with E-state index in [2.05, 4.69) is 48.8 Å². The van der Waals surface area contributed by atoms with Crippen LogP contribution in [0.5, 0.6) is 0 Å². The van der Waals surface area contributed by atoms with Crippen LogP contribution in [-0.2, 0) is 13.1 Å². The number of nitrogens with one attached hydrogen (secondary N) is 1. The second-order valence-corrected chi connectivity index (χ2v) is 5.31. The Kier molecular flexibility index (Phi) is 5.53. The summed E-state index contributed by atoms with van der Waals surface area (Å²) in [5.41, 5.74) is 1.14. The number of hydrogen-bond donors (Lipinski definition) is 1. The number of nitrogens with zero attached hydrogens (tertiary/aromatic N) is 2. The van der Waals surface area contributed by atoms with E-state index in [9.17, 15) is 0 Å². The van der Waals surface area contributed by atoms with Gasteiger partial charge >= 0.3 is 0 Å². The predicted octanol–water partition coefficient (Wildman–Crippen LogP) is 2.67. The highest BCUT2D eigenvalue weighted by molar-refractivity contribution is 4.96. The lowest BCUT2D eigenvalue weighted by Crippen LogP contribution is -2.19. The quantitative estimate of drug-likeness (QED) is 0.770. The third-order valence-electron chi connectivity index (χ3n) is 2.51. The zero-order valence-electron chi connectivity index (χ0n) is 11.0. The van der Waals surface area contributed by atoms with Crippen LogP contribution in [0.3, 0.4) is 0 Å². The number of hydrogen-bond acceptors (Lipinski definition) is 2. The van der Waals surface area contributed by atoms with Crippen LogP contribution in [0.25, 0.3) is 0 Å². The van der Waals surface area contributed by atoms with E-state index >= 15 is 0 Å². The molecule has 1 heterocycles. The van der Waals surface area contributed by atoms with Crippen LogP contribution >= 0.6 is 0 Å². The van der Waals surface area contributed by atoms with E-state index in [0.29, 0.717) is 5.92 Å². The minimum Gasteiger partial charge on any atom is -0.337 e. The molecule has 0 saturated heterocycles. The van der Waals surface area contributed by atoms with Crippen molar-refractivity contribution in [2.24, 2.45) is 11.8 Å². The zero-order chi connectivity index (χ0) is 12.0. The van der Waals surface area contributed by atoms with E-state index in [4.69, 9.17) is 0 Å². The maximum atomic E-state index is 4.39. The van der Waals surface area contributed by atoms with Crippen molar-refractivity contribution < 1.29 is 0 Å². The van der Waals surface area contributed by atoms with Gasteiger partial charge in [-0.25, -0.2) is 4.98 Å². The Balaban J connectivity index is 2.28. The van der Waals surface area contributed by atoms with Crippen LogP contribution in [0.2, 0.25) is 0 Å². The zero-order valence-corrected chi connectivity index (χ0v) is 11.0. The maximum absolute atomic E-state index is 4.39. The largest absolute Gasteiger partial charge is 0.337 e. The maximum Gasteiger partial charge on any atom is 0.0949 e. The number of imidazole rings is 1. The van der Waals surface area contributed by atoms with Crippen molar-refractivity contribution in [3.8, 4) is 0 Å². The van der Waals surface area contributed by atoms with Crippen molar-refractivity contribution in [1.29, 1.82) is 0 Å². The summed E-state index contributed by atoms with van der Waals surface area (Å²) < 4.78 is 2.19. The van der Waals surface area contributed by atoms with Gasteiger partial charge < -0.3 is 9.88 Å². The molecule has 3 heteroatoms. The summed E-state index contributed by atoms with van der Waals surface area (Å²) in [4.78, 5) is 4.39. The van der Waals surface area contributed by atoms with Gasteiger partial charge in [0, 0.05) is 19.3 Å². The van der Waals surface area contributed by atoms with Crippen molar-refractivity contribution in [3.05, 3.63) is 18.2 Å². The summed E-state index contributed by atoms with van der Waals surface area (Å²) in [6, 6.07) is 0. The van der Waals surface area contributed by atoms with Gasteiger partial charge in [-0.2, -0.15) is 0 Å². The Morgan fingerprint density at radius 2 is 2.00 bits per heavy atom. The van der Waals surface area contributed by atoms with Crippen molar-refractivity contribution >= 4 is 0 Å². The third kappa shape index (κ3) is 5.31. The van der Waals surface area contributed by atoms with E-state index in [1.807, 2.05) is 6.33 Å². The topological polar surface area (TPSA) is 29.9 Å². The molecule has 0 aliphatic heterocycles. The molecule has 1 aromatic rings. The van der Waals surface area contributed by atoms with Gasteiger partial charge in [0.2, 0.25) is 0 Å². The Bertz CT molecular complexity index is 289. The molecule has 1 aromatic heterocycles. The molecule has 92 valence electrons. The van der Waals surface area contributed by atoms with E-state index in [0.717, 1.165) is 31.2 Å². The molecule has 0 saturated carbocycles. The van der Waals surface area contributed by atoms with Gasteiger partial charge in [-0.15, -0.1) is 0 Å². The van der Waals surface area contributed by atoms with Gasteiger partial charge in [-0.1, -0.05) is 27.7 Å². The first-order valence-corrected chi connectivity index (χ1v) is 6.29. The SMILES string of the molecule is CC(C)CCn1cnc(CNCC(C)C)c1. The van der Waals surface area contributed by atoms with E-state index < -0.39 is 0 Å². The molecule has 1 N–H and O–H groups in total. The van der Waals surface area contributed by atoms with Gasteiger partial charge in [0.25, 0.3) is 0 Å². The summed E-state index contributed by atoms with van der Waals surface area (Å²) in [7, 11) is 0. The second-order valence-electron chi connectivity index (χ2n) is 5.31.